The van der Waals surface area contributed by atoms with Crippen LogP contribution in [0, 0.1) is 6.92 Å². The van der Waals surface area contributed by atoms with Crippen LogP contribution in [0.2, 0.25) is 0 Å². The molecule has 1 aromatic rings. The number of hydrogen-bond donors (Lipinski definition) is 0. The van der Waals surface area contributed by atoms with Crippen LogP contribution >= 0.6 is 15.9 Å². The molecule has 0 aliphatic heterocycles. The van der Waals surface area contributed by atoms with Crippen molar-refractivity contribution in [1.82, 2.24) is 0 Å². The fourth-order valence-corrected chi connectivity index (χ4v) is 1.70. The van der Waals surface area contributed by atoms with E-state index in [9.17, 15) is 4.79 Å². The summed E-state index contributed by atoms with van der Waals surface area (Å²) in [5, 5.41) is 0. The standard InChI is InChI=1S/C10H10BrNO2/c1-7-3-4-9(11)8(5-12-6-13)10(7)14-2/h3-4H,5H2,1-2H3. The summed E-state index contributed by atoms with van der Waals surface area (Å²) in [6.07, 6.45) is 1.51. The first-order chi connectivity index (χ1) is 6.70. The molecule has 0 aromatic heterocycles. The molecule has 0 saturated heterocycles. The van der Waals surface area contributed by atoms with Gasteiger partial charge in [-0.15, -0.1) is 0 Å². The van der Waals surface area contributed by atoms with Crippen LogP contribution in [0.25, 0.3) is 0 Å². The largest absolute Gasteiger partial charge is 0.496 e. The molecule has 0 aliphatic rings. The van der Waals surface area contributed by atoms with Crippen molar-refractivity contribution < 1.29 is 9.53 Å². The average molecular weight is 256 g/mol. The lowest BCUT2D eigenvalue weighted by atomic mass is 10.1. The highest BCUT2D eigenvalue weighted by molar-refractivity contribution is 9.10. The van der Waals surface area contributed by atoms with Gasteiger partial charge in [0.15, 0.2) is 0 Å². The van der Waals surface area contributed by atoms with Gasteiger partial charge in [-0.2, -0.15) is 0 Å². The zero-order chi connectivity index (χ0) is 10.6. The van der Waals surface area contributed by atoms with E-state index in [1.807, 2.05) is 19.1 Å². The van der Waals surface area contributed by atoms with Crippen LogP contribution in [0.5, 0.6) is 5.75 Å². The summed E-state index contributed by atoms with van der Waals surface area (Å²) in [6, 6.07) is 3.85. The lowest BCUT2D eigenvalue weighted by Gasteiger charge is -2.10. The molecule has 0 N–H and O–H groups in total. The number of carbonyl (C=O) groups excluding carboxylic acids is 1. The average Bonchev–Trinajstić information content (AvgIpc) is 2.19. The minimum absolute atomic E-state index is 0.287. The molecule has 0 saturated carbocycles. The highest BCUT2D eigenvalue weighted by Gasteiger charge is 2.09. The lowest BCUT2D eigenvalue weighted by Crippen LogP contribution is -1.95. The van der Waals surface area contributed by atoms with Crippen LogP contribution < -0.4 is 4.74 Å². The maximum Gasteiger partial charge on any atom is 0.235 e. The van der Waals surface area contributed by atoms with E-state index < -0.39 is 0 Å². The van der Waals surface area contributed by atoms with E-state index in [0.717, 1.165) is 21.3 Å². The molecule has 0 heterocycles. The molecule has 14 heavy (non-hydrogen) atoms. The molecular weight excluding hydrogens is 246 g/mol. The predicted molar refractivity (Wildman–Crippen MR) is 57.3 cm³/mol. The first-order valence-corrected chi connectivity index (χ1v) is 4.85. The van der Waals surface area contributed by atoms with E-state index in [1.54, 1.807) is 7.11 Å². The molecule has 0 fully saturated rings. The molecule has 0 atom stereocenters. The van der Waals surface area contributed by atoms with Crippen LogP contribution in [-0.2, 0) is 11.3 Å². The highest BCUT2D eigenvalue weighted by atomic mass is 79.9. The lowest BCUT2D eigenvalue weighted by molar-refractivity contribution is 0.406. The van der Waals surface area contributed by atoms with Gasteiger partial charge in [0.25, 0.3) is 0 Å². The molecule has 0 amide bonds. The Labute approximate surface area is 90.9 Å². The molecule has 0 aliphatic carbocycles. The third-order valence-corrected chi connectivity index (χ3v) is 2.65. The first kappa shape index (κ1) is 11.0. The molecule has 3 nitrogen and oxygen atoms in total. The fraction of sp³-hybridized carbons (Fsp3) is 0.300. The van der Waals surface area contributed by atoms with Crippen molar-refractivity contribution in [3.05, 3.63) is 27.7 Å². The van der Waals surface area contributed by atoms with Crippen molar-refractivity contribution in [3.8, 4) is 5.75 Å². The molecule has 0 unspecified atom stereocenters. The number of rotatable bonds is 3. The van der Waals surface area contributed by atoms with Gasteiger partial charge in [0, 0.05) is 10.0 Å². The SMILES string of the molecule is COc1c(C)ccc(Br)c1CN=C=O. The van der Waals surface area contributed by atoms with Gasteiger partial charge in [-0.3, -0.25) is 0 Å². The number of hydrogen-bond acceptors (Lipinski definition) is 3. The van der Waals surface area contributed by atoms with Crippen LogP contribution in [0.1, 0.15) is 11.1 Å². The second kappa shape index (κ2) is 4.94. The van der Waals surface area contributed by atoms with Crippen molar-refractivity contribution in [2.45, 2.75) is 13.5 Å². The van der Waals surface area contributed by atoms with E-state index in [4.69, 9.17) is 4.74 Å². The van der Waals surface area contributed by atoms with Gasteiger partial charge >= 0.3 is 0 Å². The van der Waals surface area contributed by atoms with Gasteiger partial charge in [0.05, 0.1) is 13.7 Å². The van der Waals surface area contributed by atoms with Crippen LogP contribution in [-0.4, -0.2) is 13.2 Å². The molecule has 0 spiro atoms. The van der Waals surface area contributed by atoms with E-state index in [2.05, 4.69) is 20.9 Å². The number of halogens is 1. The molecule has 0 radical (unpaired) electrons. The molecular formula is C10H10BrNO2. The third-order valence-electron chi connectivity index (χ3n) is 1.91. The van der Waals surface area contributed by atoms with E-state index in [1.165, 1.54) is 6.08 Å². The molecule has 4 heteroatoms. The second-order valence-electron chi connectivity index (χ2n) is 2.78. The zero-order valence-corrected chi connectivity index (χ0v) is 9.59. The number of benzene rings is 1. The number of ether oxygens (including phenoxy) is 1. The smallest absolute Gasteiger partial charge is 0.235 e. The Hall–Kier alpha value is -1.12. The van der Waals surface area contributed by atoms with Gasteiger partial charge in [0.1, 0.15) is 5.75 Å². The summed E-state index contributed by atoms with van der Waals surface area (Å²) in [5.41, 5.74) is 1.89. The Morgan fingerprint density at radius 3 is 2.86 bits per heavy atom. The Bertz CT molecular complexity index is 384. The molecule has 74 valence electrons. The summed E-state index contributed by atoms with van der Waals surface area (Å²) in [5.74, 6) is 0.762. The number of aliphatic imine (C=N–C) groups is 1. The van der Waals surface area contributed by atoms with Crippen LogP contribution in [0.15, 0.2) is 21.6 Å². The topological polar surface area (TPSA) is 38.7 Å². The second-order valence-corrected chi connectivity index (χ2v) is 3.64. The van der Waals surface area contributed by atoms with Gasteiger partial charge in [-0.05, 0) is 18.6 Å². The van der Waals surface area contributed by atoms with Gasteiger partial charge in [0.2, 0.25) is 6.08 Å². The Morgan fingerprint density at radius 1 is 1.57 bits per heavy atom. The van der Waals surface area contributed by atoms with Crippen molar-refractivity contribution in [3.63, 3.8) is 0 Å². The highest BCUT2D eigenvalue weighted by Crippen LogP contribution is 2.30. The van der Waals surface area contributed by atoms with Gasteiger partial charge in [-0.25, -0.2) is 9.79 Å². The Morgan fingerprint density at radius 2 is 2.29 bits per heavy atom. The number of methoxy groups -OCH3 is 1. The zero-order valence-electron chi connectivity index (χ0n) is 8.00. The monoisotopic (exact) mass is 255 g/mol. The summed E-state index contributed by atoms with van der Waals surface area (Å²) in [4.78, 5) is 13.6. The van der Waals surface area contributed by atoms with Crippen molar-refractivity contribution >= 4 is 22.0 Å². The number of isocyanates is 1. The minimum Gasteiger partial charge on any atom is -0.496 e. The normalized spacial score (nSPS) is 9.36. The maximum atomic E-state index is 10.0. The van der Waals surface area contributed by atoms with Crippen molar-refractivity contribution in [2.24, 2.45) is 4.99 Å². The van der Waals surface area contributed by atoms with Gasteiger partial charge in [-0.1, -0.05) is 22.0 Å². The third kappa shape index (κ3) is 2.22. The fourth-order valence-electron chi connectivity index (χ4n) is 1.26. The molecule has 1 aromatic carbocycles. The van der Waals surface area contributed by atoms with Gasteiger partial charge < -0.3 is 4.74 Å². The van der Waals surface area contributed by atoms with Crippen molar-refractivity contribution in [1.29, 1.82) is 0 Å². The Kier molecular flexibility index (Phi) is 3.86. The summed E-state index contributed by atoms with van der Waals surface area (Å²) in [6.45, 7) is 2.23. The van der Waals surface area contributed by atoms with E-state index >= 15 is 0 Å². The van der Waals surface area contributed by atoms with E-state index in [-0.39, 0.29) is 6.54 Å². The quantitative estimate of drug-likeness (QED) is 0.615. The summed E-state index contributed by atoms with van der Waals surface area (Å²) >= 11 is 3.38. The van der Waals surface area contributed by atoms with Crippen LogP contribution in [0.4, 0.5) is 0 Å². The Balaban J connectivity index is 3.21. The van der Waals surface area contributed by atoms with E-state index in [0.29, 0.717) is 0 Å². The number of aryl methyl sites for hydroxylation is 1. The first-order valence-electron chi connectivity index (χ1n) is 4.06. The minimum atomic E-state index is 0.287. The summed E-state index contributed by atoms with van der Waals surface area (Å²) < 4.78 is 6.12. The maximum absolute atomic E-state index is 10.0. The molecule has 0 bridgehead atoms. The summed E-state index contributed by atoms with van der Waals surface area (Å²) in [7, 11) is 1.60. The predicted octanol–water partition coefficient (Wildman–Crippen LogP) is 2.60. The van der Waals surface area contributed by atoms with Crippen molar-refractivity contribution in [2.75, 3.05) is 7.11 Å². The molecule has 1 rings (SSSR count). The number of nitrogens with zero attached hydrogens (tertiary/aromatic N) is 1. The van der Waals surface area contributed by atoms with Crippen LogP contribution in [0.3, 0.4) is 0 Å².